The van der Waals surface area contributed by atoms with Gasteiger partial charge in [-0.2, -0.15) is 0 Å². The summed E-state index contributed by atoms with van der Waals surface area (Å²) in [7, 11) is 0. The van der Waals surface area contributed by atoms with Gasteiger partial charge in [-0.15, -0.1) is 0 Å². The number of hydrogen-bond donors (Lipinski definition) is 1. The highest BCUT2D eigenvalue weighted by atomic mass is 19.2. The molecule has 0 aliphatic carbocycles. The quantitative estimate of drug-likeness (QED) is 0.919. The predicted molar refractivity (Wildman–Crippen MR) is 80.3 cm³/mol. The van der Waals surface area contributed by atoms with Crippen LogP contribution in [-0.4, -0.2) is 19.1 Å². The Morgan fingerprint density at radius 1 is 0.952 bits per heavy atom. The molecule has 2 unspecified atom stereocenters. The van der Waals surface area contributed by atoms with E-state index in [-0.39, 0.29) is 12.0 Å². The van der Waals surface area contributed by atoms with Gasteiger partial charge in [0.25, 0.3) is 0 Å². The Morgan fingerprint density at radius 3 is 2.48 bits per heavy atom. The van der Waals surface area contributed by atoms with Gasteiger partial charge in [-0.1, -0.05) is 36.4 Å². The molecule has 0 spiro atoms. The molecule has 1 saturated heterocycles. The van der Waals surface area contributed by atoms with E-state index in [1.807, 2.05) is 23.1 Å². The second-order valence-corrected chi connectivity index (χ2v) is 5.58. The van der Waals surface area contributed by atoms with Crippen LogP contribution in [0.2, 0.25) is 0 Å². The van der Waals surface area contributed by atoms with Gasteiger partial charge in [0.15, 0.2) is 11.6 Å². The molecule has 0 bridgehead atoms. The molecule has 110 valence electrons. The molecule has 0 amide bonds. The lowest BCUT2D eigenvalue weighted by Crippen LogP contribution is -2.46. The standard InChI is InChI=1S/C17H18F2N2/c18-15-7-4-8-16(17(15)19)21-10-13(9-14(20)11-21)12-5-2-1-3-6-12/h1-8,13-14H,9-11,20H2. The van der Waals surface area contributed by atoms with Crippen LogP contribution in [-0.2, 0) is 0 Å². The maximum atomic E-state index is 14.0. The van der Waals surface area contributed by atoms with Crippen LogP contribution < -0.4 is 10.6 Å². The van der Waals surface area contributed by atoms with Crippen LogP contribution in [0, 0.1) is 11.6 Å². The van der Waals surface area contributed by atoms with Gasteiger partial charge in [0.05, 0.1) is 5.69 Å². The Kier molecular flexibility index (Phi) is 3.88. The largest absolute Gasteiger partial charge is 0.367 e. The minimum atomic E-state index is -0.817. The summed E-state index contributed by atoms with van der Waals surface area (Å²) in [5, 5.41) is 0. The Morgan fingerprint density at radius 2 is 1.71 bits per heavy atom. The number of piperidine rings is 1. The fourth-order valence-corrected chi connectivity index (χ4v) is 3.04. The third kappa shape index (κ3) is 2.90. The second-order valence-electron chi connectivity index (χ2n) is 5.58. The number of halogens is 2. The zero-order valence-electron chi connectivity index (χ0n) is 11.7. The lowest BCUT2D eigenvalue weighted by molar-refractivity contribution is 0.442. The van der Waals surface area contributed by atoms with Gasteiger partial charge in [-0.3, -0.25) is 0 Å². The summed E-state index contributed by atoms with van der Waals surface area (Å²) in [5.74, 6) is -1.38. The van der Waals surface area contributed by atoms with Gasteiger partial charge in [0.2, 0.25) is 0 Å². The van der Waals surface area contributed by atoms with Crippen molar-refractivity contribution in [3.05, 3.63) is 65.7 Å². The third-order valence-corrected chi connectivity index (χ3v) is 4.03. The van der Waals surface area contributed by atoms with Crippen LogP contribution >= 0.6 is 0 Å². The van der Waals surface area contributed by atoms with Crippen LogP contribution in [0.4, 0.5) is 14.5 Å². The number of hydrogen-bond acceptors (Lipinski definition) is 2. The van der Waals surface area contributed by atoms with Crippen molar-refractivity contribution in [1.82, 2.24) is 0 Å². The topological polar surface area (TPSA) is 29.3 Å². The molecule has 2 N–H and O–H groups in total. The maximum Gasteiger partial charge on any atom is 0.182 e. The highest BCUT2D eigenvalue weighted by Crippen LogP contribution is 2.31. The summed E-state index contributed by atoms with van der Waals surface area (Å²) >= 11 is 0. The number of benzene rings is 2. The van der Waals surface area contributed by atoms with E-state index in [1.54, 1.807) is 6.07 Å². The molecule has 1 heterocycles. The Bertz CT molecular complexity index is 615. The summed E-state index contributed by atoms with van der Waals surface area (Å²) in [6, 6.07) is 14.3. The molecule has 2 atom stereocenters. The van der Waals surface area contributed by atoms with E-state index in [1.165, 1.54) is 11.6 Å². The number of nitrogens with zero attached hydrogens (tertiary/aromatic N) is 1. The first kappa shape index (κ1) is 14.0. The van der Waals surface area contributed by atoms with Crippen molar-refractivity contribution in [2.45, 2.75) is 18.4 Å². The van der Waals surface area contributed by atoms with Crippen LogP contribution in [0.1, 0.15) is 17.9 Å². The summed E-state index contributed by atoms with van der Waals surface area (Å²) < 4.78 is 27.4. The van der Waals surface area contributed by atoms with Crippen LogP contribution in [0.5, 0.6) is 0 Å². The zero-order valence-corrected chi connectivity index (χ0v) is 11.7. The predicted octanol–water partition coefficient (Wildman–Crippen LogP) is 3.29. The van der Waals surface area contributed by atoms with Gasteiger partial charge >= 0.3 is 0 Å². The first-order valence-corrected chi connectivity index (χ1v) is 7.14. The highest BCUT2D eigenvalue weighted by molar-refractivity contribution is 5.49. The summed E-state index contributed by atoms with van der Waals surface area (Å²) in [6.07, 6.45) is 0.859. The minimum Gasteiger partial charge on any atom is -0.367 e. The van der Waals surface area contributed by atoms with Gasteiger partial charge in [-0.25, -0.2) is 8.78 Å². The van der Waals surface area contributed by atoms with Gasteiger partial charge in [-0.05, 0) is 24.1 Å². The monoisotopic (exact) mass is 288 g/mol. The van der Waals surface area contributed by atoms with Crippen molar-refractivity contribution >= 4 is 5.69 Å². The molecule has 1 fully saturated rings. The molecule has 2 nitrogen and oxygen atoms in total. The van der Waals surface area contributed by atoms with Crippen molar-refractivity contribution in [3.63, 3.8) is 0 Å². The van der Waals surface area contributed by atoms with Crippen molar-refractivity contribution in [2.75, 3.05) is 18.0 Å². The van der Waals surface area contributed by atoms with E-state index in [0.29, 0.717) is 18.8 Å². The molecule has 4 heteroatoms. The molecule has 0 aromatic heterocycles. The number of rotatable bonds is 2. The Hall–Kier alpha value is -1.94. The lowest BCUT2D eigenvalue weighted by Gasteiger charge is -2.38. The summed E-state index contributed by atoms with van der Waals surface area (Å²) in [4.78, 5) is 1.85. The van der Waals surface area contributed by atoms with Crippen molar-refractivity contribution in [1.29, 1.82) is 0 Å². The highest BCUT2D eigenvalue weighted by Gasteiger charge is 2.28. The molecule has 1 aliphatic rings. The van der Waals surface area contributed by atoms with Gasteiger partial charge in [0, 0.05) is 25.0 Å². The van der Waals surface area contributed by atoms with Gasteiger partial charge < -0.3 is 10.6 Å². The molecule has 2 aromatic rings. The summed E-state index contributed by atoms with van der Waals surface area (Å²) in [5.41, 5.74) is 7.61. The Balaban J connectivity index is 1.88. The Labute approximate surface area is 123 Å². The molecule has 3 rings (SSSR count). The molecule has 2 aromatic carbocycles. The van der Waals surface area contributed by atoms with Gasteiger partial charge in [0.1, 0.15) is 0 Å². The fourth-order valence-electron chi connectivity index (χ4n) is 3.04. The molecular weight excluding hydrogens is 270 g/mol. The van der Waals surface area contributed by atoms with Crippen LogP contribution in [0.25, 0.3) is 0 Å². The van der Waals surface area contributed by atoms with E-state index in [9.17, 15) is 8.78 Å². The van der Waals surface area contributed by atoms with Crippen LogP contribution in [0.15, 0.2) is 48.5 Å². The van der Waals surface area contributed by atoms with Crippen LogP contribution in [0.3, 0.4) is 0 Å². The van der Waals surface area contributed by atoms with E-state index >= 15 is 0 Å². The van der Waals surface area contributed by atoms with Crippen molar-refractivity contribution < 1.29 is 8.78 Å². The second kappa shape index (κ2) is 5.82. The SMILES string of the molecule is NC1CC(c2ccccc2)CN(c2cccc(F)c2F)C1. The lowest BCUT2D eigenvalue weighted by atomic mass is 9.88. The van der Waals surface area contributed by atoms with E-state index in [2.05, 4.69) is 12.1 Å². The number of nitrogens with two attached hydrogens (primary N) is 1. The molecule has 21 heavy (non-hydrogen) atoms. The molecule has 0 saturated carbocycles. The molecular formula is C17H18F2N2. The molecule has 1 aliphatic heterocycles. The molecule has 0 radical (unpaired) electrons. The average molecular weight is 288 g/mol. The normalized spacial score (nSPS) is 22.3. The van der Waals surface area contributed by atoms with Crippen molar-refractivity contribution in [3.8, 4) is 0 Å². The van der Waals surface area contributed by atoms with E-state index in [4.69, 9.17) is 5.73 Å². The smallest absolute Gasteiger partial charge is 0.182 e. The van der Waals surface area contributed by atoms with E-state index in [0.717, 1.165) is 12.5 Å². The first-order chi connectivity index (χ1) is 10.1. The fraction of sp³-hybridized carbons (Fsp3) is 0.294. The zero-order chi connectivity index (χ0) is 14.8. The van der Waals surface area contributed by atoms with Crippen molar-refractivity contribution in [2.24, 2.45) is 5.73 Å². The third-order valence-electron chi connectivity index (χ3n) is 4.03. The maximum absolute atomic E-state index is 14.0. The number of anilines is 1. The minimum absolute atomic E-state index is 0.0494. The van der Waals surface area contributed by atoms with E-state index < -0.39 is 11.6 Å². The average Bonchev–Trinajstić information content (AvgIpc) is 2.50. The summed E-state index contributed by atoms with van der Waals surface area (Å²) in [6.45, 7) is 1.20. The first-order valence-electron chi connectivity index (χ1n) is 7.14.